The number of amides is 1. The average molecular weight is 188 g/mol. The van der Waals surface area contributed by atoms with Crippen LogP contribution in [0.25, 0.3) is 0 Å². The molecule has 0 radical (unpaired) electrons. The number of rotatable bonds is 3. The summed E-state index contributed by atoms with van der Waals surface area (Å²) in [7, 11) is 0. The number of nitrogens with two attached hydrogens (primary N) is 1. The number of hydrogen-bond donors (Lipinski definition) is 3. The highest BCUT2D eigenvalue weighted by Gasteiger charge is 2.29. The third kappa shape index (κ3) is 2.40. The Balaban J connectivity index is 2.46. The number of β-amino-alcohol motifs (C(OH)–C–C–N with tert-alkyl or cyclic N) is 1. The van der Waals surface area contributed by atoms with Crippen LogP contribution in [0.5, 0.6) is 0 Å². The number of carbonyl (C=O) groups is 2. The molecule has 1 unspecified atom stereocenters. The number of aliphatic carboxylic acids is 1. The van der Waals surface area contributed by atoms with Gasteiger partial charge in [-0.15, -0.1) is 0 Å². The van der Waals surface area contributed by atoms with Crippen molar-refractivity contribution in [3.05, 3.63) is 0 Å². The maximum absolute atomic E-state index is 11.1. The van der Waals surface area contributed by atoms with Gasteiger partial charge in [0.25, 0.3) is 0 Å². The number of nitrogens with zero attached hydrogens (tertiary/aromatic N) is 1. The second-order valence-electron chi connectivity index (χ2n) is 3.12. The minimum Gasteiger partial charge on any atom is -0.479 e. The molecule has 1 aliphatic rings. The molecule has 6 heteroatoms. The number of carboxylic acids is 1. The number of hydrogen-bond acceptors (Lipinski definition) is 4. The molecule has 74 valence electrons. The van der Waals surface area contributed by atoms with E-state index in [1.165, 1.54) is 4.90 Å². The van der Waals surface area contributed by atoms with Crippen molar-refractivity contribution < 1.29 is 19.8 Å². The van der Waals surface area contributed by atoms with Crippen molar-refractivity contribution >= 4 is 11.9 Å². The lowest BCUT2D eigenvalue weighted by Gasteiger charge is -2.17. The molecule has 1 fully saturated rings. The fourth-order valence-electron chi connectivity index (χ4n) is 1.27. The fourth-order valence-corrected chi connectivity index (χ4v) is 1.27. The van der Waals surface area contributed by atoms with E-state index in [2.05, 4.69) is 0 Å². The first kappa shape index (κ1) is 9.94. The third-order valence-corrected chi connectivity index (χ3v) is 1.92. The molecular formula is C7H12N2O4. The van der Waals surface area contributed by atoms with Crippen molar-refractivity contribution in [2.24, 2.45) is 5.73 Å². The molecule has 0 saturated carbocycles. The highest BCUT2D eigenvalue weighted by Crippen LogP contribution is 2.09. The lowest BCUT2D eigenvalue weighted by molar-refractivity contribution is -0.148. The maximum Gasteiger partial charge on any atom is 0.334 e. The highest BCUT2D eigenvalue weighted by atomic mass is 16.4. The van der Waals surface area contributed by atoms with E-state index in [4.69, 9.17) is 15.9 Å². The summed E-state index contributed by atoms with van der Waals surface area (Å²) in [4.78, 5) is 22.6. The zero-order valence-corrected chi connectivity index (χ0v) is 7.01. The van der Waals surface area contributed by atoms with Gasteiger partial charge in [-0.3, -0.25) is 4.79 Å². The van der Waals surface area contributed by atoms with E-state index in [-0.39, 0.29) is 24.9 Å². The molecule has 0 aromatic heterocycles. The van der Waals surface area contributed by atoms with Crippen LogP contribution in [0.4, 0.5) is 0 Å². The summed E-state index contributed by atoms with van der Waals surface area (Å²) in [5.74, 6) is -1.53. The predicted octanol–water partition coefficient (Wildman–Crippen LogP) is -2.01. The van der Waals surface area contributed by atoms with Crippen LogP contribution in [-0.4, -0.2) is 52.2 Å². The Morgan fingerprint density at radius 1 is 1.77 bits per heavy atom. The molecule has 1 aliphatic heterocycles. The average Bonchev–Trinajstić information content (AvgIpc) is 2.30. The van der Waals surface area contributed by atoms with Gasteiger partial charge in [-0.1, -0.05) is 0 Å². The van der Waals surface area contributed by atoms with Crippen LogP contribution in [0, 0.1) is 0 Å². The van der Waals surface area contributed by atoms with Gasteiger partial charge in [-0.05, 0) is 0 Å². The van der Waals surface area contributed by atoms with Crippen molar-refractivity contribution in [3.63, 3.8) is 0 Å². The van der Waals surface area contributed by atoms with E-state index in [0.29, 0.717) is 6.54 Å². The lowest BCUT2D eigenvalue weighted by atomic mass is 10.3. The van der Waals surface area contributed by atoms with E-state index in [1.807, 2.05) is 0 Å². The van der Waals surface area contributed by atoms with Crippen molar-refractivity contribution in [1.29, 1.82) is 0 Å². The van der Waals surface area contributed by atoms with Gasteiger partial charge in [0.1, 0.15) is 0 Å². The molecule has 0 aromatic rings. The standard InChI is InChI=1S/C7H12N2O4/c8-4-1-6(11)9(2-4)3-5(10)7(12)13/h4-5,10H,1-3,8H2,(H,12,13)/t4?,5-/m0/s1. The quantitative estimate of drug-likeness (QED) is 0.475. The van der Waals surface area contributed by atoms with Gasteiger partial charge in [0, 0.05) is 19.0 Å². The Morgan fingerprint density at radius 3 is 2.77 bits per heavy atom. The number of carbonyl (C=O) groups excluding carboxylic acids is 1. The molecule has 1 saturated heterocycles. The van der Waals surface area contributed by atoms with E-state index >= 15 is 0 Å². The largest absolute Gasteiger partial charge is 0.479 e. The zero-order valence-electron chi connectivity index (χ0n) is 7.01. The van der Waals surface area contributed by atoms with Gasteiger partial charge in [-0.25, -0.2) is 4.79 Å². The van der Waals surface area contributed by atoms with Crippen LogP contribution in [0.1, 0.15) is 6.42 Å². The molecule has 4 N–H and O–H groups in total. The van der Waals surface area contributed by atoms with Gasteiger partial charge in [0.05, 0.1) is 6.54 Å². The van der Waals surface area contributed by atoms with E-state index in [0.717, 1.165) is 0 Å². The van der Waals surface area contributed by atoms with Gasteiger partial charge in [-0.2, -0.15) is 0 Å². The second kappa shape index (κ2) is 3.71. The van der Waals surface area contributed by atoms with Crippen molar-refractivity contribution in [2.75, 3.05) is 13.1 Å². The molecule has 6 nitrogen and oxygen atoms in total. The molecule has 1 heterocycles. The smallest absolute Gasteiger partial charge is 0.334 e. The number of aliphatic hydroxyl groups is 1. The van der Waals surface area contributed by atoms with Gasteiger partial charge < -0.3 is 20.8 Å². The molecule has 0 spiro atoms. The minimum absolute atomic E-state index is 0.179. The number of carboxylic acid groups (broad SMARTS) is 1. The van der Waals surface area contributed by atoms with E-state index in [1.54, 1.807) is 0 Å². The van der Waals surface area contributed by atoms with Crippen LogP contribution in [0.3, 0.4) is 0 Å². The third-order valence-electron chi connectivity index (χ3n) is 1.92. The Morgan fingerprint density at radius 2 is 2.38 bits per heavy atom. The van der Waals surface area contributed by atoms with Crippen LogP contribution >= 0.6 is 0 Å². The van der Waals surface area contributed by atoms with Crippen molar-refractivity contribution in [3.8, 4) is 0 Å². The Labute approximate surface area is 74.9 Å². The predicted molar refractivity (Wildman–Crippen MR) is 42.8 cm³/mol. The Kier molecular flexibility index (Phi) is 2.84. The summed E-state index contributed by atoms with van der Waals surface area (Å²) in [5.41, 5.74) is 5.48. The van der Waals surface area contributed by atoms with Crippen LogP contribution in [0.2, 0.25) is 0 Å². The normalized spacial score (nSPS) is 24.9. The first-order valence-corrected chi connectivity index (χ1v) is 3.95. The maximum atomic E-state index is 11.1. The fraction of sp³-hybridized carbons (Fsp3) is 0.714. The molecule has 0 bridgehead atoms. The monoisotopic (exact) mass is 188 g/mol. The van der Waals surface area contributed by atoms with Gasteiger partial charge >= 0.3 is 5.97 Å². The molecule has 13 heavy (non-hydrogen) atoms. The molecule has 2 atom stereocenters. The summed E-state index contributed by atoms with van der Waals surface area (Å²) >= 11 is 0. The van der Waals surface area contributed by atoms with Crippen LogP contribution in [-0.2, 0) is 9.59 Å². The Bertz CT molecular complexity index is 231. The topological polar surface area (TPSA) is 104 Å². The first-order chi connectivity index (χ1) is 6.00. The molecular weight excluding hydrogens is 176 g/mol. The van der Waals surface area contributed by atoms with Crippen LogP contribution < -0.4 is 5.73 Å². The summed E-state index contributed by atoms with van der Waals surface area (Å²) in [6, 6.07) is -0.242. The SMILES string of the molecule is NC1CC(=O)N(C[C@H](O)C(=O)O)C1. The minimum atomic E-state index is -1.52. The summed E-state index contributed by atoms with van der Waals surface area (Å²) in [6.45, 7) is 0.144. The van der Waals surface area contributed by atoms with Gasteiger partial charge in [0.15, 0.2) is 6.10 Å². The van der Waals surface area contributed by atoms with E-state index < -0.39 is 12.1 Å². The number of aliphatic hydroxyl groups excluding tert-OH is 1. The second-order valence-corrected chi connectivity index (χ2v) is 3.12. The van der Waals surface area contributed by atoms with Crippen molar-refractivity contribution in [2.45, 2.75) is 18.6 Å². The lowest BCUT2D eigenvalue weighted by Crippen LogP contribution is -2.38. The van der Waals surface area contributed by atoms with E-state index in [9.17, 15) is 9.59 Å². The summed E-state index contributed by atoms with van der Waals surface area (Å²) in [6.07, 6.45) is -1.29. The molecule has 0 aromatic carbocycles. The van der Waals surface area contributed by atoms with Crippen molar-refractivity contribution in [1.82, 2.24) is 4.90 Å². The number of likely N-dealkylation sites (tertiary alicyclic amines) is 1. The van der Waals surface area contributed by atoms with Crippen LogP contribution in [0.15, 0.2) is 0 Å². The highest BCUT2D eigenvalue weighted by molar-refractivity contribution is 5.80. The zero-order chi connectivity index (χ0) is 10.0. The Hall–Kier alpha value is -1.14. The summed E-state index contributed by atoms with van der Waals surface area (Å²) < 4.78 is 0. The molecule has 1 rings (SSSR count). The summed E-state index contributed by atoms with van der Waals surface area (Å²) in [5, 5.41) is 17.3. The molecule has 1 amide bonds. The van der Waals surface area contributed by atoms with Gasteiger partial charge in [0.2, 0.25) is 5.91 Å². The molecule has 0 aliphatic carbocycles. The first-order valence-electron chi connectivity index (χ1n) is 3.95.